The molecule has 3 rings (SSSR count). The molecule has 0 atom stereocenters. The molecule has 5 nitrogen and oxygen atoms in total. The van der Waals surface area contributed by atoms with Crippen LogP contribution in [0.3, 0.4) is 0 Å². The van der Waals surface area contributed by atoms with Crippen LogP contribution >= 0.6 is 11.3 Å². The van der Waals surface area contributed by atoms with E-state index in [1.165, 1.54) is 5.56 Å². The molecule has 2 aromatic heterocycles. The monoisotopic (exact) mass is 319 g/mol. The molecule has 2 aromatic rings. The normalized spacial score (nSPS) is 16.1. The lowest BCUT2D eigenvalue weighted by Crippen LogP contribution is -2.48. The molecule has 3 heterocycles. The number of rotatable bonds is 5. The zero-order valence-electron chi connectivity index (χ0n) is 12.8. The lowest BCUT2D eigenvalue weighted by molar-refractivity contribution is -0.133. The standard InChI is InChI=1S/C16H21N3O2S/c1-13-10-15(21-17-13)11-18-5-7-19(8-6-18)16(20)3-2-14-4-9-22-12-14/h4,9-10,12H,2-3,5-8,11H2,1H3. The zero-order valence-corrected chi connectivity index (χ0v) is 13.6. The quantitative estimate of drug-likeness (QED) is 0.849. The van der Waals surface area contributed by atoms with Gasteiger partial charge in [-0.1, -0.05) is 5.16 Å². The summed E-state index contributed by atoms with van der Waals surface area (Å²) in [4.78, 5) is 16.5. The summed E-state index contributed by atoms with van der Waals surface area (Å²) in [6, 6.07) is 4.06. The molecule has 1 amide bonds. The van der Waals surface area contributed by atoms with Crippen molar-refractivity contribution in [1.82, 2.24) is 15.0 Å². The van der Waals surface area contributed by atoms with Crippen LogP contribution in [0.15, 0.2) is 27.4 Å². The summed E-state index contributed by atoms with van der Waals surface area (Å²) < 4.78 is 5.25. The zero-order chi connectivity index (χ0) is 15.4. The van der Waals surface area contributed by atoms with Crippen molar-refractivity contribution >= 4 is 17.2 Å². The summed E-state index contributed by atoms with van der Waals surface area (Å²) in [5.41, 5.74) is 2.18. The lowest BCUT2D eigenvalue weighted by atomic mass is 10.1. The minimum atomic E-state index is 0.265. The minimum Gasteiger partial charge on any atom is -0.360 e. The van der Waals surface area contributed by atoms with Gasteiger partial charge in [0.25, 0.3) is 0 Å². The Hall–Kier alpha value is -1.66. The Bertz CT molecular complexity index is 601. The molecular formula is C16H21N3O2S. The van der Waals surface area contributed by atoms with Crippen molar-refractivity contribution in [1.29, 1.82) is 0 Å². The average molecular weight is 319 g/mol. The van der Waals surface area contributed by atoms with E-state index < -0.39 is 0 Å². The first-order valence-corrected chi connectivity index (χ1v) is 8.58. The molecule has 22 heavy (non-hydrogen) atoms. The van der Waals surface area contributed by atoms with Crippen LogP contribution in [0.5, 0.6) is 0 Å². The highest BCUT2D eigenvalue weighted by Crippen LogP contribution is 2.12. The number of piperazine rings is 1. The number of nitrogens with zero attached hydrogens (tertiary/aromatic N) is 3. The topological polar surface area (TPSA) is 49.6 Å². The third-order valence-electron chi connectivity index (χ3n) is 3.99. The Kier molecular flexibility index (Phi) is 4.90. The molecule has 0 aliphatic carbocycles. The molecule has 0 aromatic carbocycles. The van der Waals surface area contributed by atoms with Crippen LogP contribution < -0.4 is 0 Å². The number of thiophene rings is 1. The number of aromatic nitrogens is 1. The lowest BCUT2D eigenvalue weighted by Gasteiger charge is -2.34. The predicted molar refractivity (Wildman–Crippen MR) is 85.7 cm³/mol. The van der Waals surface area contributed by atoms with Gasteiger partial charge < -0.3 is 9.42 Å². The van der Waals surface area contributed by atoms with Gasteiger partial charge in [-0.2, -0.15) is 11.3 Å². The van der Waals surface area contributed by atoms with Crippen LogP contribution in [0.2, 0.25) is 0 Å². The van der Waals surface area contributed by atoms with E-state index in [0.29, 0.717) is 6.42 Å². The van der Waals surface area contributed by atoms with Crippen molar-refractivity contribution in [3.63, 3.8) is 0 Å². The minimum absolute atomic E-state index is 0.265. The fraction of sp³-hybridized carbons (Fsp3) is 0.500. The smallest absolute Gasteiger partial charge is 0.222 e. The molecule has 1 aliphatic rings. The fourth-order valence-electron chi connectivity index (χ4n) is 2.71. The molecular weight excluding hydrogens is 298 g/mol. The first-order chi connectivity index (χ1) is 10.7. The van der Waals surface area contributed by atoms with Crippen molar-refractivity contribution in [3.05, 3.63) is 39.9 Å². The Morgan fingerprint density at radius 2 is 2.18 bits per heavy atom. The number of hydrogen-bond donors (Lipinski definition) is 0. The van der Waals surface area contributed by atoms with Gasteiger partial charge in [0.2, 0.25) is 5.91 Å². The predicted octanol–water partition coefficient (Wildman–Crippen LogP) is 2.32. The van der Waals surface area contributed by atoms with Gasteiger partial charge in [0.1, 0.15) is 0 Å². The Balaban J connectivity index is 1.42. The van der Waals surface area contributed by atoms with E-state index in [0.717, 1.165) is 50.6 Å². The highest BCUT2D eigenvalue weighted by molar-refractivity contribution is 7.07. The van der Waals surface area contributed by atoms with Gasteiger partial charge in [0.15, 0.2) is 5.76 Å². The van der Waals surface area contributed by atoms with E-state index in [9.17, 15) is 4.79 Å². The molecule has 0 bridgehead atoms. The van der Waals surface area contributed by atoms with E-state index in [-0.39, 0.29) is 5.91 Å². The maximum Gasteiger partial charge on any atom is 0.222 e. The van der Waals surface area contributed by atoms with Gasteiger partial charge in [-0.3, -0.25) is 9.69 Å². The van der Waals surface area contributed by atoms with E-state index in [4.69, 9.17) is 4.52 Å². The first-order valence-electron chi connectivity index (χ1n) is 7.64. The number of carbonyl (C=O) groups excluding carboxylic acids is 1. The van der Waals surface area contributed by atoms with E-state index in [1.54, 1.807) is 11.3 Å². The van der Waals surface area contributed by atoms with Gasteiger partial charge in [0, 0.05) is 38.7 Å². The fourth-order valence-corrected chi connectivity index (χ4v) is 3.41. The summed E-state index contributed by atoms with van der Waals surface area (Å²) in [5.74, 6) is 1.16. The largest absolute Gasteiger partial charge is 0.360 e. The molecule has 118 valence electrons. The van der Waals surface area contributed by atoms with Gasteiger partial charge >= 0.3 is 0 Å². The number of hydrogen-bond acceptors (Lipinski definition) is 5. The molecule has 0 unspecified atom stereocenters. The van der Waals surface area contributed by atoms with E-state index in [1.807, 2.05) is 17.9 Å². The van der Waals surface area contributed by atoms with Crippen LogP contribution in [0.25, 0.3) is 0 Å². The van der Waals surface area contributed by atoms with Crippen molar-refractivity contribution < 1.29 is 9.32 Å². The summed E-state index contributed by atoms with van der Waals surface area (Å²) >= 11 is 1.68. The van der Waals surface area contributed by atoms with Crippen LogP contribution in [-0.2, 0) is 17.8 Å². The first kappa shape index (κ1) is 15.2. The van der Waals surface area contributed by atoms with Crippen molar-refractivity contribution in [2.45, 2.75) is 26.3 Å². The number of aryl methyl sites for hydroxylation is 2. The van der Waals surface area contributed by atoms with Crippen molar-refractivity contribution in [3.8, 4) is 0 Å². The SMILES string of the molecule is Cc1cc(CN2CCN(C(=O)CCc3ccsc3)CC2)on1. The Labute approximate surface area is 134 Å². The molecule has 0 saturated carbocycles. The van der Waals surface area contributed by atoms with Gasteiger partial charge in [0.05, 0.1) is 12.2 Å². The molecule has 0 spiro atoms. The summed E-state index contributed by atoms with van der Waals surface area (Å²) in [5, 5.41) is 8.08. The van der Waals surface area contributed by atoms with Crippen LogP contribution in [0.1, 0.15) is 23.4 Å². The van der Waals surface area contributed by atoms with Gasteiger partial charge in [-0.15, -0.1) is 0 Å². The second-order valence-electron chi connectivity index (χ2n) is 5.72. The molecule has 1 fully saturated rings. The summed E-state index contributed by atoms with van der Waals surface area (Å²) in [6.45, 7) is 6.09. The van der Waals surface area contributed by atoms with Crippen LogP contribution in [0, 0.1) is 6.92 Å². The molecule has 1 aliphatic heterocycles. The van der Waals surface area contributed by atoms with E-state index in [2.05, 4.69) is 26.9 Å². The van der Waals surface area contributed by atoms with E-state index >= 15 is 0 Å². The third-order valence-corrected chi connectivity index (χ3v) is 4.72. The second kappa shape index (κ2) is 7.07. The van der Waals surface area contributed by atoms with Gasteiger partial charge in [-0.25, -0.2) is 0 Å². The van der Waals surface area contributed by atoms with Crippen molar-refractivity contribution in [2.24, 2.45) is 0 Å². The van der Waals surface area contributed by atoms with Crippen LogP contribution in [-0.4, -0.2) is 47.0 Å². The van der Waals surface area contributed by atoms with Crippen molar-refractivity contribution in [2.75, 3.05) is 26.2 Å². The second-order valence-corrected chi connectivity index (χ2v) is 6.50. The molecule has 6 heteroatoms. The van der Waals surface area contributed by atoms with Crippen LogP contribution in [0.4, 0.5) is 0 Å². The average Bonchev–Trinajstić information content (AvgIpc) is 3.17. The molecule has 0 radical (unpaired) electrons. The molecule has 0 N–H and O–H groups in total. The third kappa shape index (κ3) is 3.96. The maximum absolute atomic E-state index is 12.2. The number of carbonyl (C=O) groups is 1. The van der Waals surface area contributed by atoms with Gasteiger partial charge in [-0.05, 0) is 35.7 Å². The Morgan fingerprint density at radius 1 is 1.36 bits per heavy atom. The number of amides is 1. The highest BCUT2D eigenvalue weighted by Gasteiger charge is 2.21. The maximum atomic E-state index is 12.2. The Morgan fingerprint density at radius 3 is 2.82 bits per heavy atom. The summed E-state index contributed by atoms with van der Waals surface area (Å²) in [7, 11) is 0. The molecule has 1 saturated heterocycles. The highest BCUT2D eigenvalue weighted by atomic mass is 32.1. The summed E-state index contributed by atoms with van der Waals surface area (Å²) in [6.07, 6.45) is 1.46.